The van der Waals surface area contributed by atoms with Gasteiger partial charge in [0.25, 0.3) is 0 Å². The van der Waals surface area contributed by atoms with Crippen molar-refractivity contribution in [1.82, 2.24) is 4.90 Å². The molecule has 0 aliphatic carbocycles. The van der Waals surface area contributed by atoms with Crippen molar-refractivity contribution in [3.05, 3.63) is 69.7 Å². The number of nitrogens with zero attached hydrogens (tertiary/aromatic N) is 1. The molecule has 3 rings (SSSR count). The monoisotopic (exact) mass is 369 g/mol. The molecule has 1 aliphatic rings. The SMILES string of the molecule is Cc1ccc(C)c(C(=O)CCCN2CCC(c3ccc(Cl)cc3)CC2)c1. The second kappa shape index (κ2) is 8.83. The molecule has 0 aromatic heterocycles. The second-order valence-electron chi connectivity index (χ2n) is 7.51. The van der Waals surface area contributed by atoms with Crippen LogP contribution in [0.25, 0.3) is 0 Å². The zero-order valence-corrected chi connectivity index (χ0v) is 16.6. The molecule has 2 aromatic carbocycles. The lowest BCUT2D eigenvalue weighted by Gasteiger charge is -2.32. The van der Waals surface area contributed by atoms with Crippen LogP contribution in [0.3, 0.4) is 0 Å². The van der Waals surface area contributed by atoms with Gasteiger partial charge in [0.15, 0.2) is 5.78 Å². The number of rotatable bonds is 6. The summed E-state index contributed by atoms with van der Waals surface area (Å²) in [6, 6.07) is 14.4. The number of carbonyl (C=O) groups excluding carboxylic acids is 1. The average molecular weight is 370 g/mol. The van der Waals surface area contributed by atoms with Gasteiger partial charge >= 0.3 is 0 Å². The minimum Gasteiger partial charge on any atom is -0.303 e. The maximum atomic E-state index is 12.5. The normalized spacial score (nSPS) is 16.0. The molecule has 1 fully saturated rings. The first kappa shape index (κ1) is 19.1. The first-order valence-electron chi connectivity index (χ1n) is 9.61. The van der Waals surface area contributed by atoms with Crippen molar-refractivity contribution in [1.29, 1.82) is 0 Å². The van der Waals surface area contributed by atoms with Gasteiger partial charge in [0, 0.05) is 17.0 Å². The van der Waals surface area contributed by atoms with E-state index in [0.29, 0.717) is 12.3 Å². The van der Waals surface area contributed by atoms with Crippen LogP contribution in [0.15, 0.2) is 42.5 Å². The van der Waals surface area contributed by atoms with Crippen LogP contribution in [0.5, 0.6) is 0 Å². The number of hydrogen-bond donors (Lipinski definition) is 0. The molecule has 26 heavy (non-hydrogen) atoms. The highest BCUT2D eigenvalue weighted by atomic mass is 35.5. The molecule has 0 spiro atoms. The van der Waals surface area contributed by atoms with Crippen molar-refractivity contribution in [2.24, 2.45) is 0 Å². The highest BCUT2D eigenvalue weighted by Gasteiger charge is 2.20. The molecule has 138 valence electrons. The van der Waals surface area contributed by atoms with Gasteiger partial charge in [-0.05, 0) is 88.0 Å². The number of benzene rings is 2. The molecule has 0 unspecified atom stereocenters. The van der Waals surface area contributed by atoms with Gasteiger partial charge in [0.05, 0.1) is 0 Å². The van der Waals surface area contributed by atoms with Crippen LogP contribution in [0.4, 0.5) is 0 Å². The van der Waals surface area contributed by atoms with E-state index < -0.39 is 0 Å². The van der Waals surface area contributed by atoms with Crippen LogP contribution in [0.2, 0.25) is 5.02 Å². The number of piperidine rings is 1. The lowest BCUT2D eigenvalue weighted by atomic mass is 9.89. The maximum Gasteiger partial charge on any atom is 0.163 e. The van der Waals surface area contributed by atoms with Gasteiger partial charge in [-0.3, -0.25) is 4.79 Å². The van der Waals surface area contributed by atoms with Gasteiger partial charge in [0.1, 0.15) is 0 Å². The quantitative estimate of drug-likeness (QED) is 0.600. The summed E-state index contributed by atoms with van der Waals surface area (Å²) >= 11 is 5.98. The minimum atomic E-state index is 0.280. The van der Waals surface area contributed by atoms with Gasteiger partial charge in [-0.25, -0.2) is 0 Å². The van der Waals surface area contributed by atoms with Gasteiger partial charge in [-0.1, -0.05) is 41.4 Å². The summed E-state index contributed by atoms with van der Waals surface area (Å²) < 4.78 is 0. The number of ketones is 1. The van der Waals surface area contributed by atoms with Crippen LogP contribution in [0.1, 0.15) is 58.6 Å². The third-order valence-electron chi connectivity index (χ3n) is 5.50. The van der Waals surface area contributed by atoms with Crippen molar-refractivity contribution in [3.63, 3.8) is 0 Å². The summed E-state index contributed by atoms with van der Waals surface area (Å²) in [6.45, 7) is 7.31. The summed E-state index contributed by atoms with van der Waals surface area (Å²) in [5, 5.41) is 0.805. The lowest BCUT2D eigenvalue weighted by molar-refractivity contribution is 0.0971. The van der Waals surface area contributed by atoms with Crippen LogP contribution in [-0.2, 0) is 0 Å². The number of halogens is 1. The Morgan fingerprint density at radius 2 is 1.77 bits per heavy atom. The number of Topliss-reactive ketones (excluding diaryl/α,β-unsaturated/α-hetero) is 1. The summed E-state index contributed by atoms with van der Waals surface area (Å²) in [5.41, 5.74) is 4.54. The van der Waals surface area contributed by atoms with E-state index in [0.717, 1.165) is 47.8 Å². The van der Waals surface area contributed by atoms with Crippen LogP contribution in [-0.4, -0.2) is 30.3 Å². The molecule has 3 heteroatoms. The fourth-order valence-electron chi connectivity index (χ4n) is 3.86. The zero-order valence-electron chi connectivity index (χ0n) is 15.8. The Balaban J connectivity index is 1.43. The van der Waals surface area contributed by atoms with Gasteiger partial charge in [-0.2, -0.15) is 0 Å². The Morgan fingerprint density at radius 1 is 1.08 bits per heavy atom. The summed E-state index contributed by atoms with van der Waals surface area (Å²) in [4.78, 5) is 15.0. The topological polar surface area (TPSA) is 20.3 Å². The Hall–Kier alpha value is -1.64. The molecule has 0 N–H and O–H groups in total. The molecule has 0 radical (unpaired) electrons. The molecular formula is C23H28ClNO. The van der Waals surface area contributed by atoms with E-state index in [4.69, 9.17) is 11.6 Å². The molecule has 0 amide bonds. The first-order valence-corrected chi connectivity index (χ1v) is 9.99. The highest BCUT2D eigenvalue weighted by molar-refractivity contribution is 6.30. The Morgan fingerprint density at radius 3 is 2.46 bits per heavy atom. The largest absolute Gasteiger partial charge is 0.303 e. The molecule has 1 aliphatic heterocycles. The van der Waals surface area contributed by atoms with Crippen molar-refractivity contribution in [2.45, 2.75) is 45.4 Å². The molecule has 0 atom stereocenters. The van der Waals surface area contributed by atoms with E-state index in [1.165, 1.54) is 18.4 Å². The van der Waals surface area contributed by atoms with E-state index in [2.05, 4.69) is 23.1 Å². The molecule has 2 nitrogen and oxygen atoms in total. The molecular weight excluding hydrogens is 342 g/mol. The highest BCUT2D eigenvalue weighted by Crippen LogP contribution is 2.29. The Kier molecular flexibility index (Phi) is 6.50. The first-order chi connectivity index (χ1) is 12.5. The van der Waals surface area contributed by atoms with E-state index in [-0.39, 0.29) is 5.78 Å². The third-order valence-corrected chi connectivity index (χ3v) is 5.75. The van der Waals surface area contributed by atoms with E-state index in [1.54, 1.807) is 0 Å². The molecule has 1 heterocycles. The molecule has 2 aromatic rings. The third kappa shape index (κ3) is 4.96. The number of hydrogen-bond acceptors (Lipinski definition) is 2. The predicted octanol–water partition coefficient (Wildman–Crippen LogP) is 5.80. The zero-order chi connectivity index (χ0) is 18.5. The Bertz CT molecular complexity index is 745. The lowest BCUT2D eigenvalue weighted by Crippen LogP contribution is -2.33. The number of aryl methyl sites for hydroxylation is 2. The van der Waals surface area contributed by atoms with E-state index >= 15 is 0 Å². The molecule has 0 saturated carbocycles. The van der Waals surface area contributed by atoms with Crippen molar-refractivity contribution < 1.29 is 4.79 Å². The summed E-state index contributed by atoms with van der Waals surface area (Å²) in [6.07, 6.45) is 3.96. The van der Waals surface area contributed by atoms with Crippen LogP contribution in [0, 0.1) is 13.8 Å². The van der Waals surface area contributed by atoms with Crippen molar-refractivity contribution >= 4 is 17.4 Å². The van der Waals surface area contributed by atoms with Gasteiger partial charge in [0.2, 0.25) is 0 Å². The second-order valence-corrected chi connectivity index (χ2v) is 7.95. The Labute approximate surface area is 162 Å². The smallest absolute Gasteiger partial charge is 0.163 e. The summed E-state index contributed by atoms with van der Waals surface area (Å²) in [7, 11) is 0. The van der Waals surface area contributed by atoms with Crippen molar-refractivity contribution in [3.8, 4) is 0 Å². The van der Waals surface area contributed by atoms with Gasteiger partial charge in [-0.15, -0.1) is 0 Å². The molecule has 0 bridgehead atoms. The number of carbonyl (C=O) groups is 1. The van der Waals surface area contributed by atoms with Crippen LogP contribution >= 0.6 is 11.6 Å². The summed E-state index contributed by atoms with van der Waals surface area (Å²) in [5.74, 6) is 0.919. The van der Waals surface area contributed by atoms with Crippen molar-refractivity contribution in [2.75, 3.05) is 19.6 Å². The number of likely N-dealkylation sites (tertiary alicyclic amines) is 1. The van der Waals surface area contributed by atoms with Gasteiger partial charge < -0.3 is 4.90 Å². The predicted molar refractivity (Wildman–Crippen MR) is 109 cm³/mol. The van der Waals surface area contributed by atoms with E-state index in [1.807, 2.05) is 38.1 Å². The fraction of sp³-hybridized carbons (Fsp3) is 0.435. The average Bonchev–Trinajstić information content (AvgIpc) is 2.65. The van der Waals surface area contributed by atoms with Crippen LogP contribution < -0.4 is 0 Å². The fourth-order valence-corrected chi connectivity index (χ4v) is 3.98. The maximum absolute atomic E-state index is 12.5. The van der Waals surface area contributed by atoms with E-state index in [9.17, 15) is 4.79 Å². The standard InChI is InChI=1S/C23H28ClNO/c1-17-5-6-18(2)22(16-17)23(26)4-3-13-25-14-11-20(12-15-25)19-7-9-21(24)10-8-19/h5-10,16,20H,3-4,11-15H2,1-2H3. The minimum absolute atomic E-state index is 0.280. The molecule has 1 saturated heterocycles.